The Balaban J connectivity index is 1.67. The number of carboxylic acids is 1. The van der Waals surface area contributed by atoms with E-state index in [0.717, 1.165) is 33.6 Å². The first-order chi connectivity index (χ1) is 9.67. The van der Waals surface area contributed by atoms with Crippen LogP contribution < -0.4 is 5.32 Å². The first kappa shape index (κ1) is 13.5. The zero-order valence-corrected chi connectivity index (χ0v) is 12.7. The van der Waals surface area contributed by atoms with Crippen LogP contribution in [0.25, 0.3) is 0 Å². The number of aromatic nitrogens is 2. The second-order valence-electron chi connectivity index (χ2n) is 4.68. The Kier molecular flexibility index (Phi) is 3.71. The third-order valence-corrected chi connectivity index (χ3v) is 5.59. The number of thiazole rings is 2. The van der Waals surface area contributed by atoms with Crippen molar-refractivity contribution in [2.24, 2.45) is 0 Å². The summed E-state index contributed by atoms with van der Waals surface area (Å²) in [6, 6.07) is 0. The van der Waals surface area contributed by atoms with Crippen LogP contribution in [-0.4, -0.2) is 21.0 Å². The summed E-state index contributed by atoms with van der Waals surface area (Å²) in [5.41, 5.74) is 0.749. The zero-order valence-electron chi connectivity index (χ0n) is 11.0. The molecule has 1 aliphatic rings. The van der Waals surface area contributed by atoms with Gasteiger partial charge in [-0.3, -0.25) is 4.79 Å². The van der Waals surface area contributed by atoms with Gasteiger partial charge >= 0.3 is 5.97 Å². The van der Waals surface area contributed by atoms with E-state index in [1.54, 1.807) is 22.7 Å². The predicted molar refractivity (Wildman–Crippen MR) is 79.6 cm³/mol. The molecule has 0 spiro atoms. The second kappa shape index (κ2) is 5.49. The number of nitrogens with zero attached hydrogens (tertiary/aromatic N) is 2. The molecule has 7 heteroatoms. The summed E-state index contributed by atoms with van der Waals surface area (Å²) in [4.78, 5) is 22.3. The smallest absolute Gasteiger partial charge is 0.312 e. The van der Waals surface area contributed by atoms with Crippen molar-refractivity contribution in [2.45, 2.75) is 38.6 Å². The standard InChI is InChI=1S/C13H15N3O2S2/c1-2-7-5-14-10(19-7)6-15-13-16-11-8(12(17)18)3-4-9(11)20-13/h5,8H,2-4,6H2,1H3,(H,15,16)(H,17,18). The molecule has 5 nitrogen and oxygen atoms in total. The van der Waals surface area contributed by atoms with Crippen LogP contribution in [0.1, 0.15) is 39.7 Å². The molecule has 2 N–H and O–H groups in total. The fourth-order valence-electron chi connectivity index (χ4n) is 2.29. The first-order valence-corrected chi connectivity index (χ1v) is 8.20. The van der Waals surface area contributed by atoms with E-state index in [4.69, 9.17) is 5.11 Å². The van der Waals surface area contributed by atoms with Crippen molar-refractivity contribution in [1.29, 1.82) is 0 Å². The monoisotopic (exact) mass is 309 g/mol. The number of hydrogen-bond donors (Lipinski definition) is 2. The molecule has 0 saturated heterocycles. The van der Waals surface area contributed by atoms with Gasteiger partial charge in [-0.1, -0.05) is 6.92 Å². The Labute approximate surface area is 124 Å². The van der Waals surface area contributed by atoms with Gasteiger partial charge in [-0.25, -0.2) is 9.97 Å². The average molecular weight is 309 g/mol. The molecule has 0 radical (unpaired) electrons. The van der Waals surface area contributed by atoms with E-state index in [9.17, 15) is 4.79 Å². The van der Waals surface area contributed by atoms with Crippen molar-refractivity contribution in [2.75, 3.05) is 5.32 Å². The number of carbonyl (C=O) groups is 1. The Bertz CT molecular complexity index is 635. The number of anilines is 1. The lowest BCUT2D eigenvalue weighted by atomic mass is 10.1. The number of rotatable bonds is 5. The minimum atomic E-state index is -0.770. The SMILES string of the molecule is CCc1cnc(CNc2nc3c(s2)CCC3C(=O)O)s1. The molecule has 0 saturated carbocycles. The van der Waals surface area contributed by atoms with Crippen LogP contribution in [0.15, 0.2) is 6.20 Å². The summed E-state index contributed by atoms with van der Waals surface area (Å²) in [5, 5.41) is 14.2. The largest absolute Gasteiger partial charge is 0.481 e. The summed E-state index contributed by atoms with van der Waals surface area (Å²) < 4.78 is 0. The minimum Gasteiger partial charge on any atom is -0.481 e. The Hall–Kier alpha value is -1.47. The van der Waals surface area contributed by atoms with Gasteiger partial charge in [-0.15, -0.1) is 22.7 Å². The van der Waals surface area contributed by atoms with Crippen LogP contribution in [0.3, 0.4) is 0 Å². The Morgan fingerprint density at radius 1 is 1.55 bits per heavy atom. The van der Waals surface area contributed by atoms with Crippen molar-refractivity contribution >= 4 is 33.8 Å². The highest BCUT2D eigenvalue weighted by Gasteiger charge is 2.32. The number of nitrogens with one attached hydrogen (secondary N) is 1. The van der Waals surface area contributed by atoms with Crippen molar-refractivity contribution in [1.82, 2.24) is 9.97 Å². The quantitative estimate of drug-likeness (QED) is 0.888. The third kappa shape index (κ3) is 2.55. The van der Waals surface area contributed by atoms with Crippen molar-refractivity contribution in [3.05, 3.63) is 26.7 Å². The molecule has 0 aromatic carbocycles. The fraction of sp³-hybridized carbons (Fsp3) is 0.462. The normalized spacial score (nSPS) is 17.1. The number of fused-ring (bicyclic) bond motifs is 1. The molecule has 1 atom stereocenters. The van der Waals surface area contributed by atoms with E-state index < -0.39 is 11.9 Å². The molecule has 0 aliphatic heterocycles. The van der Waals surface area contributed by atoms with Gasteiger partial charge in [0.15, 0.2) is 5.13 Å². The molecule has 1 aliphatic carbocycles. The van der Waals surface area contributed by atoms with E-state index in [-0.39, 0.29) is 0 Å². The molecule has 0 bridgehead atoms. The van der Waals surface area contributed by atoms with Gasteiger partial charge in [-0.2, -0.15) is 0 Å². The number of aryl methyl sites for hydroxylation is 2. The Morgan fingerprint density at radius 2 is 2.40 bits per heavy atom. The summed E-state index contributed by atoms with van der Waals surface area (Å²) in [7, 11) is 0. The van der Waals surface area contributed by atoms with E-state index in [1.165, 1.54) is 4.88 Å². The summed E-state index contributed by atoms with van der Waals surface area (Å²) in [6.07, 6.45) is 4.41. The van der Waals surface area contributed by atoms with E-state index in [0.29, 0.717) is 13.0 Å². The minimum absolute atomic E-state index is 0.427. The van der Waals surface area contributed by atoms with Crippen LogP contribution >= 0.6 is 22.7 Å². The lowest BCUT2D eigenvalue weighted by molar-refractivity contribution is -0.138. The molecular formula is C13H15N3O2S2. The van der Waals surface area contributed by atoms with Gasteiger partial charge in [0.05, 0.1) is 12.2 Å². The molecule has 0 amide bonds. The maximum absolute atomic E-state index is 11.1. The molecule has 3 rings (SSSR count). The van der Waals surface area contributed by atoms with Gasteiger partial charge in [0.25, 0.3) is 0 Å². The lowest BCUT2D eigenvalue weighted by Crippen LogP contribution is -2.09. The lowest BCUT2D eigenvalue weighted by Gasteiger charge is -2.02. The van der Waals surface area contributed by atoms with Gasteiger partial charge in [0.1, 0.15) is 10.9 Å². The fourth-order valence-corrected chi connectivity index (χ4v) is 4.12. The number of carboxylic acid groups (broad SMARTS) is 1. The highest BCUT2D eigenvalue weighted by Crippen LogP contribution is 2.38. The maximum Gasteiger partial charge on any atom is 0.312 e. The van der Waals surface area contributed by atoms with Gasteiger partial charge < -0.3 is 10.4 Å². The van der Waals surface area contributed by atoms with E-state index in [2.05, 4.69) is 22.2 Å². The van der Waals surface area contributed by atoms with Crippen LogP contribution in [0, 0.1) is 0 Å². The average Bonchev–Trinajstić information content (AvgIpc) is 3.10. The zero-order chi connectivity index (χ0) is 14.1. The maximum atomic E-state index is 11.1. The van der Waals surface area contributed by atoms with Crippen molar-refractivity contribution in [3.8, 4) is 0 Å². The predicted octanol–water partition coefficient (Wildman–Crippen LogP) is 2.89. The molecule has 2 aromatic heterocycles. The van der Waals surface area contributed by atoms with Crippen molar-refractivity contribution in [3.63, 3.8) is 0 Å². The molecule has 106 valence electrons. The summed E-state index contributed by atoms with van der Waals surface area (Å²) >= 11 is 3.26. The summed E-state index contributed by atoms with van der Waals surface area (Å²) in [5.74, 6) is -1.20. The van der Waals surface area contributed by atoms with Crippen LogP contribution in [-0.2, 0) is 24.2 Å². The van der Waals surface area contributed by atoms with E-state index >= 15 is 0 Å². The molecule has 1 unspecified atom stereocenters. The van der Waals surface area contributed by atoms with Crippen LogP contribution in [0.4, 0.5) is 5.13 Å². The van der Waals surface area contributed by atoms with Crippen LogP contribution in [0.2, 0.25) is 0 Å². The van der Waals surface area contributed by atoms with Crippen LogP contribution in [0.5, 0.6) is 0 Å². The van der Waals surface area contributed by atoms with Gasteiger partial charge in [-0.05, 0) is 19.3 Å². The van der Waals surface area contributed by atoms with E-state index in [1.807, 2.05) is 6.20 Å². The second-order valence-corrected chi connectivity index (χ2v) is 6.97. The highest BCUT2D eigenvalue weighted by atomic mass is 32.1. The van der Waals surface area contributed by atoms with Gasteiger partial charge in [0, 0.05) is 16.0 Å². The van der Waals surface area contributed by atoms with Gasteiger partial charge in [0.2, 0.25) is 0 Å². The Morgan fingerprint density at radius 3 is 3.10 bits per heavy atom. The van der Waals surface area contributed by atoms with Crippen molar-refractivity contribution < 1.29 is 9.90 Å². The molecule has 2 heterocycles. The highest BCUT2D eigenvalue weighted by molar-refractivity contribution is 7.15. The number of hydrogen-bond acceptors (Lipinski definition) is 6. The summed E-state index contributed by atoms with van der Waals surface area (Å²) in [6.45, 7) is 2.76. The topological polar surface area (TPSA) is 75.1 Å². The molecule has 2 aromatic rings. The number of aliphatic carboxylic acids is 1. The first-order valence-electron chi connectivity index (χ1n) is 6.57. The molecular weight excluding hydrogens is 294 g/mol. The molecule has 20 heavy (non-hydrogen) atoms. The molecule has 0 fully saturated rings. The third-order valence-electron chi connectivity index (χ3n) is 3.36.